The molecule has 2 amide bonds. The monoisotopic (exact) mass is 582 g/mol. The SMILES string of the molecule is O=C(N/N=C/c1ccc(-c2ccc(Cl)c(C(=O)O)c2)o1)C(=O)N/N=C/c1ccc(-c2ccc(Cl)c(C(=O)O)c2)o1. The van der Waals surface area contributed by atoms with Crippen molar-refractivity contribution in [1.29, 1.82) is 0 Å². The maximum Gasteiger partial charge on any atom is 0.337 e. The van der Waals surface area contributed by atoms with Gasteiger partial charge in [0, 0.05) is 11.1 Å². The summed E-state index contributed by atoms with van der Waals surface area (Å²) >= 11 is 11.7. The van der Waals surface area contributed by atoms with Crippen LogP contribution in [0.4, 0.5) is 0 Å². The lowest BCUT2D eigenvalue weighted by Gasteiger charge is -2.02. The summed E-state index contributed by atoms with van der Waals surface area (Å²) in [5, 5.41) is 25.8. The topological polar surface area (TPSA) is 184 Å². The maximum atomic E-state index is 11.9. The molecule has 2 heterocycles. The van der Waals surface area contributed by atoms with E-state index in [1.54, 1.807) is 24.3 Å². The fourth-order valence-corrected chi connectivity index (χ4v) is 3.65. The van der Waals surface area contributed by atoms with Gasteiger partial charge in [0.1, 0.15) is 23.0 Å². The lowest BCUT2D eigenvalue weighted by Crippen LogP contribution is -2.35. The first-order valence-corrected chi connectivity index (χ1v) is 11.8. The fourth-order valence-electron chi connectivity index (χ4n) is 3.25. The highest BCUT2D eigenvalue weighted by molar-refractivity contribution is 6.35. The van der Waals surface area contributed by atoms with Gasteiger partial charge < -0.3 is 19.0 Å². The van der Waals surface area contributed by atoms with Crippen LogP contribution in [0.1, 0.15) is 32.2 Å². The molecule has 40 heavy (non-hydrogen) atoms. The minimum Gasteiger partial charge on any atom is -0.478 e. The number of carbonyl (C=O) groups excluding carboxylic acids is 2. The van der Waals surface area contributed by atoms with Gasteiger partial charge in [-0.15, -0.1) is 0 Å². The minimum absolute atomic E-state index is 0.0813. The molecule has 4 aromatic rings. The Labute approximate surface area is 234 Å². The fraction of sp³-hybridized carbons (Fsp3) is 0. The first-order valence-electron chi connectivity index (χ1n) is 11.0. The zero-order valence-electron chi connectivity index (χ0n) is 19.9. The third-order valence-electron chi connectivity index (χ3n) is 5.14. The average molecular weight is 583 g/mol. The number of amides is 2. The predicted octanol–water partition coefficient (Wildman–Crippen LogP) is 4.51. The molecule has 12 nitrogen and oxygen atoms in total. The molecule has 0 aliphatic heterocycles. The molecule has 14 heteroatoms. The Morgan fingerprint density at radius 2 is 1.05 bits per heavy atom. The van der Waals surface area contributed by atoms with Crippen molar-refractivity contribution >= 4 is 59.4 Å². The number of halogens is 2. The standard InChI is InChI=1S/C26H16Cl2N4O8/c27-19-5-1-13(9-17(19)25(35)36)21-7-3-15(39-21)11-29-31-23(33)24(34)32-30-12-16-4-8-22(40-16)14-2-6-20(28)18(10-14)26(37)38/h1-12H,(H,31,33)(H,32,34)(H,35,36)(H,37,38)/b29-11+,30-12+. The van der Waals surface area contributed by atoms with Gasteiger partial charge in [-0.05, 0) is 60.7 Å². The first kappa shape index (κ1) is 27.8. The summed E-state index contributed by atoms with van der Waals surface area (Å²) in [5.74, 6) is -3.52. The Balaban J connectivity index is 1.30. The highest BCUT2D eigenvalue weighted by Crippen LogP contribution is 2.28. The molecule has 0 bridgehead atoms. The molecule has 0 atom stereocenters. The summed E-state index contributed by atoms with van der Waals surface area (Å²) in [6, 6.07) is 14.9. The third-order valence-corrected chi connectivity index (χ3v) is 5.80. The smallest absolute Gasteiger partial charge is 0.337 e. The van der Waals surface area contributed by atoms with Gasteiger partial charge in [0.25, 0.3) is 0 Å². The highest BCUT2D eigenvalue weighted by atomic mass is 35.5. The molecule has 2 aromatic carbocycles. The van der Waals surface area contributed by atoms with E-state index in [0.717, 1.165) is 12.4 Å². The van der Waals surface area contributed by atoms with Crippen LogP contribution in [-0.4, -0.2) is 46.4 Å². The van der Waals surface area contributed by atoms with Crippen molar-refractivity contribution < 1.29 is 38.2 Å². The summed E-state index contributed by atoms with van der Waals surface area (Å²) < 4.78 is 11.1. The van der Waals surface area contributed by atoms with Gasteiger partial charge in [0.05, 0.1) is 33.6 Å². The van der Waals surface area contributed by atoms with Gasteiger partial charge in [-0.1, -0.05) is 23.2 Å². The number of rotatable bonds is 8. The van der Waals surface area contributed by atoms with Crippen LogP contribution >= 0.6 is 23.2 Å². The quantitative estimate of drug-likeness (QED) is 0.133. The second-order valence-corrected chi connectivity index (χ2v) is 8.62. The summed E-state index contributed by atoms with van der Waals surface area (Å²) in [6.45, 7) is 0. The Bertz CT molecular complexity index is 1570. The zero-order chi connectivity index (χ0) is 28.8. The number of hydrogen-bond acceptors (Lipinski definition) is 8. The van der Waals surface area contributed by atoms with Crippen molar-refractivity contribution in [3.05, 3.63) is 93.4 Å². The van der Waals surface area contributed by atoms with Crippen LogP contribution in [0.25, 0.3) is 22.6 Å². The largest absolute Gasteiger partial charge is 0.478 e. The number of carboxylic acid groups (broad SMARTS) is 2. The Hall–Kier alpha value is -5.20. The second kappa shape index (κ2) is 12.1. The van der Waals surface area contributed by atoms with Gasteiger partial charge in [-0.25, -0.2) is 20.4 Å². The summed E-state index contributed by atoms with van der Waals surface area (Å²) in [4.78, 5) is 46.4. The number of hydrogen-bond donors (Lipinski definition) is 4. The number of carboxylic acids is 2. The van der Waals surface area contributed by atoms with E-state index >= 15 is 0 Å². The molecule has 0 aliphatic carbocycles. The highest BCUT2D eigenvalue weighted by Gasteiger charge is 2.15. The van der Waals surface area contributed by atoms with Crippen molar-refractivity contribution in [1.82, 2.24) is 10.9 Å². The van der Waals surface area contributed by atoms with E-state index in [2.05, 4.69) is 10.2 Å². The number of hydrazone groups is 2. The van der Waals surface area contributed by atoms with Gasteiger partial charge >= 0.3 is 23.8 Å². The molecule has 4 N–H and O–H groups in total. The van der Waals surface area contributed by atoms with Gasteiger partial charge in [-0.3, -0.25) is 9.59 Å². The minimum atomic E-state index is -1.19. The summed E-state index contributed by atoms with van der Waals surface area (Å²) in [5.41, 5.74) is 4.77. The zero-order valence-corrected chi connectivity index (χ0v) is 21.4. The number of aromatic carboxylic acids is 2. The first-order chi connectivity index (χ1) is 19.1. The molecular weight excluding hydrogens is 567 g/mol. The van der Waals surface area contributed by atoms with E-state index in [9.17, 15) is 29.4 Å². The van der Waals surface area contributed by atoms with Crippen LogP contribution in [0, 0.1) is 0 Å². The lowest BCUT2D eigenvalue weighted by molar-refractivity contribution is -0.139. The summed E-state index contributed by atoms with van der Waals surface area (Å²) in [7, 11) is 0. The molecule has 0 saturated heterocycles. The number of nitrogens with one attached hydrogen (secondary N) is 2. The Kier molecular flexibility index (Phi) is 8.42. The molecular formula is C26H16Cl2N4O8. The van der Waals surface area contributed by atoms with Crippen LogP contribution in [0.15, 0.2) is 79.7 Å². The molecule has 0 radical (unpaired) electrons. The van der Waals surface area contributed by atoms with Crippen LogP contribution in [0.5, 0.6) is 0 Å². The molecule has 202 valence electrons. The van der Waals surface area contributed by atoms with E-state index in [1.807, 2.05) is 10.9 Å². The number of furan rings is 2. The van der Waals surface area contributed by atoms with Crippen LogP contribution in [0.2, 0.25) is 10.0 Å². The van der Waals surface area contributed by atoms with Crippen molar-refractivity contribution in [2.24, 2.45) is 10.2 Å². The lowest BCUT2D eigenvalue weighted by atomic mass is 10.1. The van der Waals surface area contributed by atoms with Crippen molar-refractivity contribution in [2.75, 3.05) is 0 Å². The van der Waals surface area contributed by atoms with Crippen LogP contribution in [0.3, 0.4) is 0 Å². The molecule has 0 fully saturated rings. The predicted molar refractivity (Wildman–Crippen MR) is 144 cm³/mol. The van der Waals surface area contributed by atoms with E-state index in [4.69, 9.17) is 32.0 Å². The van der Waals surface area contributed by atoms with Crippen LogP contribution < -0.4 is 10.9 Å². The number of carbonyl (C=O) groups is 4. The second-order valence-electron chi connectivity index (χ2n) is 7.80. The Morgan fingerprint density at radius 3 is 1.43 bits per heavy atom. The van der Waals surface area contributed by atoms with Crippen LogP contribution in [-0.2, 0) is 9.59 Å². The van der Waals surface area contributed by atoms with Crippen molar-refractivity contribution in [2.45, 2.75) is 0 Å². The molecule has 2 aromatic heterocycles. The van der Waals surface area contributed by atoms with E-state index in [0.29, 0.717) is 22.6 Å². The van der Waals surface area contributed by atoms with Gasteiger partial charge in [0.15, 0.2) is 0 Å². The van der Waals surface area contributed by atoms with Crippen molar-refractivity contribution in [3.63, 3.8) is 0 Å². The van der Waals surface area contributed by atoms with Gasteiger partial charge in [-0.2, -0.15) is 10.2 Å². The van der Waals surface area contributed by atoms with E-state index < -0.39 is 23.8 Å². The van der Waals surface area contributed by atoms with E-state index in [-0.39, 0.29) is 32.7 Å². The summed E-state index contributed by atoms with van der Waals surface area (Å²) in [6.07, 6.45) is 2.28. The average Bonchev–Trinajstić information content (AvgIpc) is 3.59. The third kappa shape index (κ3) is 6.62. The molecule has 0 saturated carbocycles. The molecule has 4 rings (SSSR count). The van der Waals surface area contributed by atoms with Crippen molar-refractivity contribution in [3.8, 4) is 22.6 Å². The molecule has 0 unspecified atom stereocenters. The number of nitrogens with zero attached hydrogens (tertiary/aromatic N) is 2. The maximum absolute atomic E-state index is 11.9. The molecule has 0 aliphatic rings. The van der Waals surface area contributed by atoms with E-state index in [1.165, 1.54) is 36.4 Å². The number of benzene rings is 2. The van der Waals surface area contributed by atoms with Gasteiger partial charge in [0.2, 0.25) is 0 Å². The molecule has 0 spiro atoms. The normalized spacial score (nSPS) is 11.2. The Morgan fingerprint density at radius 1 is 0.650 bits per heavy atom.